The highest BCUT2D eigenvalue weighted by molar-refractivity contribution is 7.16. The minimum absolute atomic E-state index is 0.0225. The molecule has 2 heterocycles. The molecule has 3 rings (SSSR count). The summed E-state index contributed by atoms with van der Waals surface area (Å²) in [6.45, 7) is 3.83. The molecule has 8 heteroatoms. The number of nitrogens with one attached hydrogen (secondary N) is 1. The molecule has 0 saturated heterocycles. The topological polar surface area (TPSA) is 73.2 Å². The molecule has 0 aliphatic heterocycles. The zero-order valence-corrected chi connectivity index (χ0v) is 15.2. The van der Waals surface area contributed by atoms with Gasteiger partial charge < -0.3 is 10.1 Å². The van der Waals surface area contributed by atoms with Crippen LogP contribution in [0, 0.1) is 12.7 Å². The molecule has 2 aromatic heterocycles. The van der Waals surface area contributed by atoms with Crippen molar-refractivity contribution in [3.8, 4) is 5.75 Å². The van der Waals surface area contributed by atoms with Crippen molar-refractivity contribution in [2.24, 2.45) is 0 Å². The lowest BCUT2D eigenvalue weighted by molar-refractivity contribution is -0.127. The van der Waals surface area contributed by atoms with Gasteiger partial charge in [-0.25, -0.2) is 9.37 Å². The Balaban J connectivity index is 1.60. The molecule has 0 fully saturated rings. The number of benzene rings is 1. The van der Waals surface area contributed by atoms with Crippen LogP contribution in [0.5, 0.6) is 5.75 Å². The zero-order valence-electron chi connectivity index (χ0n) is 14.4. The number of ether oxygens (including phenoxy) is 1. The summed E-state index contributed by atoms with van der Waals surface area (Å²) in [5, 5.41) is 5.09. The maximum absolute atomic E-state index is 13.6. The normalized spacial score (nSPS) is 12.1. The molecule has 136 valence electrons. The Bertz CT molecular complexity index is 999. The summed E-state index contributed by atoms with van der Waals surface area (Å²) in [4.78, 5) is 29.7. The fourth-order valence-corrected chi connectivity index (χ4v) is 3.33. The van der Waals surface area contributed by atoms with E-state index in [1.807, 2.05) is 5.38 Å². The van der Waals surface area contributed by atoms with Gasteiger partial charge in [-0.05, 0) is 37.4 Å². The van der Waals surface area contributed by atoms with Gasteiger partial charge in [-0.1, -0.05) is 12.1 Å². The van der Waals surface area contributed by atoms with Gasteiger partial charge >= 0.3 is 0 Å². The van der Waals surface area contributed by atoms with Crippen molar-refractivity contribution < 1.29 is 13.9 Å². The van der Waals surface area contributed by atoms with Gasteiger partial charge in [-0.2, -0.15) is 0 Å². The quantitative estimate of drug-likeness (QED) is 0.718. The molecule has 0 aliphatic rings. The molecule has 0 spiro atoms. The first-order valence-corrected chi connectivity index (χ1v) is 8.99. The van der Waals surface area contributed by atoms with Crippen molar-refractivity contribution in [3.63, 3.8) is 0 Å². The van der Waals surface area contributed by atoms with Crippen LogP contribution in [0.25, 0.3) is 10.2 Å². The number of rotatable bonds is 6. The van der Waals surface area contributed by atoms with Gasteiger partial charge in [0.25, 0.3) is 11.5 Å². The van der Waals surface area contributed by atoms with E-state index in [-0.39, 0.29) is 23.8 Å². The molecule has 6 nitrogen and oxygen atoms in total. The van der Waals surface area contributed by atoms with Crippen molar-refractivity contribution in [3.05, 3.63) is 57.7 Å². The second-order valence-corrected chi connectivity index (χ2v) is 6.63. The number of hydrogen-bond donors (Lipinski definition) is 1. The Morgan fingerprint density at radius 2 is 2.15 bits per heavy atom. The van der Waals surface area contributed by atoms with Crippen LogP contribution in [0.4, 0.5) is 4.39 Å². The number of aryl methyl sites for hydroxylation is 1. The highest BCUT2D eigenvalue weighted by Gasteiger charge is 2.16. The van der Waals surface area contributed by atoms with E-state index >= 15 is 0 Å². The average Bonchev–Trinajstić information content (AvgIpc) is 3.08. The fraction of sp³-hybridized carbons (Fsp3) is 0.278. The molecule has 0 aliphatic carbocycles. The van der Waals surface area contributed by atoms with Crippen LogP contribution >= 0.6 is 11.3 Å². The summed E-state index contributed by atoms with van der Waals surface area (Å²) >= 11 is 1.42. The van der Waals surface area contributed by atoms with Gasteiger partial charge in [-0.15, -0.1) is 11.3 Å². The Morgan fingerprint density at radius 1 is 1.38 bits per heavy atom. The minimum Gasteiger partial charge on any atom is -0.478 e. The molecule has 0 radical (unpaired) electrons. The van der Waals surface area contributed by atoms with E-state index in [2.05, 4.69) is 10.3 Å². The van der Waals surface area contributed by atoms with Crippen LogP contribution < -0.4 is 15.6 Å². The third-order valence-electron chi connectivity index (χ3n) is 3.92. The van der Waals surface area contributed by atoms with Gasteiger partial charge in [0.1, 0.15) is 10.7 Å². The Morgan fingerprint density at radius 3 is 2.92 bits per heavy atom. The largest absolute Gasteiger partial charge is 0.478 e. The molecule has 1 aromatic carbocycles. The van der Waals surface area contributed by atoms with E-state index in [4.69, 9.17) is 4.74 Å². The van der Waals surface area contributed by atoms with Crippen LogP contribution in [-0.2, 0) is 11.3 Å². The lowest BCUT2D eigenvalue weighted by Gasteiger charge is -2.16. The van der Waals surface area contributed by atoms with E-state index in [0.717, 1.165) is 0 Å². The lowest BCUT2D eigenvalue weighted by Crippen LogP contribution is -2.39. The number of aromatic nitrogens is 2. The molecule has 1 amide bonds. The second-order valence-electron chi connectivity index (χ2n) is 5.74. The average molecular weight is 375 g/mol. The molecular formula is C18H18FN3O3S. The van der Waals surface area contributed by atoms with Gasteiger partial charge in [0.15, 0.2) is 17.7 Å². The molecule has 0 unspecified atom stereocenters. The molecule has 0 bridgehead atoms. The number of carbonyl (C=O) groups excluding carboxylic acids is 1. The maximum Gasteiger partial charge on any atom is 0.262 e. The molecular weight excluding hydrogens is 357 g/mol. The zero-order chi connectivity index (χ0) is 18.7. The van der Waals surface area contributed by atoms with Gasteiger partial charge in [0.2, 0.25) is 0 Å². The van der Waals surface area contributed by atoms with Crippen LogP contribution in [0.2, 0.25) is 0 Å². The van der Waals surface area contributed by atoms with Gasteiger partial charge in [-0.3, -0.25) is 14.2 Å². The summed E-state index contributed by atoms with van der Waals surface area (Å²) in [5.74, 6) is -0.294. The van der Waals surface area contributed by atoms with Crippen molar-refractivity contribution in [2.75, 3.05) is 6.54 Å². The third-order valence-corrected chi connectivity index (χ3v) is 4.73. The SMILES string of the molecule is Cc1nc2sccc2c(=O)n1CCNC(=O)[C@H](C)Oc1ccccc1F. The summed E-state index contributed by atoms with van der Waals surface area (Å²) in [6, 6.07) is 7.65. The van der Waals surface area contributed by atoms with E-state index in [1.165, 1.54) is 35.0 Å². The van der Waals surface area contributed by atoms with Crippen LogP contribution in [0.1, 0.15) is 12.7 Å². The van der Waals surface area contributed by atoms with Gasteiger partial charge in [0.05, 0.1) is 5.39 Å². The fourth-order valence-electron chi connectivity index (χ4n) is 2.53. The summed E-state index contributed by atoms with van der Waals surface area (Å²) in [7, 11) is 0. The molecule has 3 aromatic rings. The molecule has 1 N–H and O–H groups in total. The summed E-state index contributed by atoms with van der Waals surface area (Å²) in [6.07, 6.45) is -0.859. The smallest absolute Gasteiger partial charge is 0.262 e. The first-order valence-electron chi connectivity index (χ1n) is 8.11. The first kappa shape index (κ1) is 18.1. The van der Waals surface area contributed by atoms with Crippen LogP contribution in [-0.4, -0.2) is 28.1 Å². The number of fused-ring (bicyclic) bond motifs is 1. The first-order chi connectivity index (χ1) is 12.5. The number of carbonyl (C=O) groups is 1. The Labute approximate surface area is 153 Å². The van der Waals surface area contributed by atoms with E-state index in [9.17, 15) is 14.0 Å². The van der Waals surface area contributed by atoms with Crippen molar-refractivity contribution in [1.29, 1.82) is 0 Å². The predicted molar refractivity (Wildman–Crippen MR) is 98.1 cm³/mol. The highest BCUT2D eigenvalue weighted by Crippen LogP contribution is 2.17. The number of amides is 1. The highest BCUT2D eigenvalue weighted by atomic mass is 32.1. The number of hydrogen-bond acceptors (Lipinski definition) is 5. The van der Waals surface area contributed by atoms with Crippen molar-refractivity contribution >= 4 is 27.5 Å². The molecule has 26 heavy (non-hydrogen) atoms. The van der Waals surface area contributed by atoms with E-state index in [1.54, 1.807) is 25.1 Å². The Kier molecular flexibility index (Phi) is 5.32. The standard InChI is InChI=1S/C18H18FN3O3S/c1-11(25-15-6-4-3-5-14(15)19)16(23)20-8-9-22-12(2)21-17-13(18(22)24)7-10-26-17/h3-7,10-11H,8-9H2,1-2H3,(H,20,23)/t11-/m0/s1. The third kappa shape index (κ3) is 3.75. The molecule has 0 saturated carbocycles. The Hall–Kier alpha value is -2.74. The van der Waals surface area contributed by atoms with Crippen LogP contribution in [0.3, 0.4) is 0 Å². The number of thiophene rings is 1. The number of para-hydroxylation sites is 1. The lowest BCUT2D eigenvalue weighted by atomic mass is 10.3. The monoisotopic (exact) mass is 375 g/mol. The number of halogens is 1. The van der Waals surface area contributed by atoms with E-state index in [0.29, 0.717) is 22.6 Å². The summed E-state index contributed by atoms with van der Waals surface area (Å²) < 4.78 is 20.4. The molecule has 1 atom stereocenters. The van der Waals surface area contributed by atoms with Crippen molar-refractivity contribution in [1.82, 2.24) is 14.9 Å². The van der Waals surface area contributed by atoms with E-state index < -0.39 is 11.9 Å². The van der Waals surface area contributed by atoms with Gasteiger partial charge in [0, 0.05) is 13.1 Å². The van der Waals surface area contributed by atoms with Crippen LogP contribution in [0.15, 0.2) is 40.5 Å². The summed E-state index contributed by atoms with van der Waals surface area (Å²) in [5.41, 5.74) is -0.126. The predicted octanol–water partition coefficient (Wildman–Crippen LogP) is 2.49. The second kappa shape index (κ2) is 7.65. The maximum atomic E-state index is 13.6. The minimum atomic E-state index is -0.859. The van der Waals surface area contributed by atoms with Crippen molar-refractivity contribution in [2.45, 2.75) is 26.5 Å². The number of nitrogens with zero attached hydrogens (tertiary/aromatic N) is 2.